The molecule has 0 radical (unpaired) electrons. The summed E-state index contributed by atoms with van der Waals surface area (Å²) in [5.74, 6) is 1.42. The zero-order valence-electron chi connectivity index (χ0n) is 16.3. The summed E-state index contributed by atoms with van der Waals surface area (Å²) in [6.45, 7) is 9.93. The largest absolute Gasteiger partial charge is 0.491 e. The van der Waals surface area contributed by atoms with Crippen LogP contribution in [0.4, 0.5) is 0 Å². The van der Waals surface area contributed by atoms with Crippen LogP contribution in [-0.2, 0) is 6.54 Å². The van der Waals surface area contributed by atoms with E-state index < -0.39 is 6.10 Å². The monoisotopic (exact) mass is 504 g/mol. The first-order valence-corrected chi connectivity index (χ1v) is 9.62. The molecule has 0 saturated carbocycles. The van der Waals surface area contributed by atoms with Crippen molar-refractivity contribution in [2.75, 3.05) is 19.7 Å². The quantitative estimate of drug-likeness (QED) is 0.293. The molecule has 27 heavy (non-hydrogen) atoms. The van der Waals surface area contributed by atoms with Gasteiger partial charge in [0.05, 0.1) is 12.2 Å². The van der Waals surface area contributed by atoms with E-state index in [1.165, 1.54) is 4.88 Å². The van der Waals surface area contributed by atoms with E-state index in [0.717, 1.165) is 28.6 Å². The second kappa shape index (κ2) is 12.1. The highest BCUT2D eigenvalue weighted by atomic mass is 127. The molecule has 1 aromatic carbocycles. The number of hydrogen-bond donors (Lipinski definition) is 3. The van der Waals surface area contributed by atoms with Crippen molar-refractivity contribution < 1.29 is 9.84 Å². The molecule has 8 heteroatoms. The van der Waals surface area contributed by atoms with Crippen LogP contribution < -0.4 is 15.4 Å². The number of aliphatic imine (C=N–C) groups is 1. The van der Waals surface area contributed by atoms with Crippen molar-refractivity contribution in [3.8, 4) is 5.75 Å². The van der Waals surface area contributed by atoms with Crippen LogP contribution in [-0.4, -0.2) is 41.9 Å². The number of aliphatic hydroxyl groups excluding tert-OH is 1. The van der Waals surface area contributed by atoms with Crippen LogP contribution in [0.1, 0.15) is 28.1 Å². The van der Waals surface area contributed by atoms with Gasteiger partial charge in [-0.15, -0.1) is 35.3 Å². The standard InChI is InChI=1S/C19H28N4O2S.HI/c1-5-20-19(22-11-18-23-14(3)15(4)26-18)21-10-16(24)12-25-17-8-6-7-13(2)9-17;/h6-9,16,24H,5,10-12H2,1-4H3,(H2,20,21,22);1H. The maximum atomic E-state index is 10.1. The minimum Gasteiger partial charge on any atom is -0.491 e. The number of nitrogens with one attached hydrogen (secondary N) is 2. The Balaban J connectivity index is 0.00000364. The van der Waals surface area contributed by atoms with Gasteiger partial charge in [0.1, 0.15) is 23.5 Å². The van der Waals surface area contributed by atoms with Crippen LogP contribution >= 0.6 is 35.3 Å². The lowest BCUT2D eigenvalue weighted by molar-refractivity contribution is 0.110. The SMILES string of the molecule is CCNC(=NCc1nc(C)c(C)s1)NCC(O)COc1cccc(C)c1.I. The van der Waals surface area contributed by atoms with Gasteiger partial charge < -0.3 is 20.5 Å². The molecule has 0 saturated heterocycles. The molecule has 1 atom stereocenters. The Morgan fingerprint density at radius 3 is 2.70 bits per heavy atom. The van der Waals surface area contributed by atoms with Crippen LogP contribution in [0.25, 0.3) is 0 Å². The van der Waals surface area contributed by atoms with Crippen molar-refractivity contribution in [1.29, 1.82) is 0 Å². The van der Waals surface area contributed by atoms with Crippen molar-refractivity contribution in [2.24, 2.45) is 4.99 Å². The third-order valence-corrected chi connectivity index (χ3v) is 4.78. The second-order valence-corrected chi connectivity index (χ2v) is 7.39. The molecule has 1 aromatic heterocycles. The van der Waals surface area contributed by atoms with Crippen LogP contribution in [0, 0.1) is 20.8 Å². The van der Waals surface area contributed by atoms with Gasteiger partial charge in [-0.05, 0) is 45.4 Å². The van der Waals surface area contributed by atoms with Gasteiger partial charge in [-0.3, -0.25) is 0 Å². The molecule has 1 heterocycles. The summed E-state index contributed by atoms with van der Waals surface area (Å²) in [6.07, 6.45) is -0.635. The number of nitrogens with zero attached hydrogens (tertiary/aromatic N) is 2. The Morgan fingerprint density at radius 1 is 1.30 bits per heavy atom. The van der Waals surface area contributed by atoms with Crippen molar-refractivity contribution in [2.45, 2.75) is 40.3 Å². The fraction of sp³-hybridized carbons (Fsp3) is 0.474. The second-order valence-electron chi connectivity index (χ2n) is 6.11. The third kappa shape index (κ3) is 8.44. The molecule has 0 aliphatic heterocycles. The number of ether oxygens (including phenoxy) is 1. The minimum atomic E-state index is -0.635. The van der Waals surface area contributed by atoms with Gasteiger partial charge in [0.15, 0.2) is 5.96 Å². The number of aromatic nitrogens is 1. The van der Waals surface area contributed by atoms with Gasteiger partial charge >= 0.3 is 0 Å². The number of guanidine groups is 1. The van der Waals surface area contributed by atoms with E-state index >= 15 is 0 Å². The lowest BCUT2D eigenvalue weighted by Gasteiger charge is -2.16. The molecule has 150 valence electrons. The highest BCUT2D eigenvalue weighted by molar-refractivity contribution is 14.0. The lowest BCUT2D eigenvalue weighted by Crippen LogP contribution is -2.42. The van der Waals surface area contributed by atoms with Gasteiger partial charge in [0, 0.05) is 18.0 Å². The molecular weight excluding hydrogens is 475 g/mol. The average Bonchev–Trinajstić information content (AvgIpc) is 2.93. The number of aryl methyl sites for hydroxylation is 3. The topological polar surface area (TPSA) is 78.8 Å². The predicted molar refractivity (Wildman–Crippen MR) is 123 cm³/mol. The molecule has 0 fully saturated rings. The summed E-state index contributed by atoms with van der Waals surface area (Å²) in [5.41, 5.74) is 2.19. The number of hydrogen-bond acceptors (Lipinski definition) is 5. The van der Waals surface area contributed by atoms with Crippen molar-refractivity contribution in [3.63, 3.8) is 0 Å². The summed E-state index contributed by atoms with van der Waals surface area (Å²) >= 11 is 1.66. The van der Waals surface area contributed by atoms with E-state index in [1.807, 2.05) is 45.0 Å². The fourth-order valence-corrected chi connectivity index (χ4v) is 3.12. The first-order chi connectivity index (χ1) is 12.5. The summed E-state index contributed by atoms with van der Waals surface area (Å²) in [6, 6.07) is 7.78. The summed E-state index contributed by atoms with van der Waals surface area (Å²) in [7, 11) is 0. The zero-order valence-corrected chi connectivity index (χ0v) is 19.4. The van der Waals surface area contributed by atoms with E-state index in [1.54, 1.807) is 11.3 Å². The molecule has 0 spiro atoms. The van der Waals surface area contributed by atoms with Crippen molar-refractivity contribution in [1.82, 2.24) is 15.6 Å². The van der Waals surface area contributed by atoms with Crippen molar-refractivity contribution in [3.05, 3.63) is 45.4 Å². The van der Waals surface area contributed by atoms with E-state index in [9.17, 15) is 5.11 Å². The van der Waals surface area contributed by atoms with E-state index in [2.05, 4.69) is 27.5 Å². The summed E-state index contributed by atoms with van der Waals surface area (Å²) in [5, 5.41) is 17.4. The van der Waals surface area contributed by atoms with Gasteiger partial charge in [-0.25, -0.2) is 9.98 Å². The van der Waals surface area contributed by atoms with Crippen molar-refractivity contribution >= 4 is 41.3 Å². The van der Waals surface area contributed by atoms with Crippen LogP contribution in [0.15, 0.2) is 29.3 Å². The maximum absolute atomic E-state index is 10.1. The molecule has 1 unspecified atom stereocenters. The van der Waals surface area contributed by atoms with E-state index in [-0.39, 0.29) is 30.6 Å². The Morgan fingerprint density at radius 2 is 2.07 bits per heavy atom. The first-order valence-electron chi connectivity index (χ1n) is 8.80. The highest BCUT2D eigenvalue weighted by Gasteiger charge is 2.08. The molecule has 0 bridgehead atoms. The highest BCUT2D eigenvalue weighted by Crippen LogP contribution is 2.17. The summed E-state index contributed by atoms with van der Waals surface area (Å²) in [4.78, 5) is 10.2. The minimum absolute atomic E-state index is 0. The fourth-order valence-electron chi connectivity index (χ4n) is 2.27. The predicted octanol–water partition coefficient (Wildman–Crippen LogP) is 3.18. The Bertz CT molecular complexity index is 717. The molecule has 0 aliphatic carbocycles. The van der Waals surface area contributed by atoms with Gasteiger partial charge in [0.25, 0.3) is 0 Å². The number of benzene rings is 1. The Hall–Kier alpha value is -1.39. The number of halogens is 1. The van der Waals surface area contributed by atoms with Crippen LogP contribution in [0.2, 0.25) is 0 Å². The lowest BCUT2D eigenvalue weighted by atomic mass is 10.2. The average molecular weight is 504 g/mol. The molecular formula is C19H29IN4O2S. The van der Waals surface area contributed by atoms with Gasteiger partial charge in [-0.2, -0.15) is 0 Å². The van der Waals surface area contributed by atoms with Gasteiger partial charge in [-0.1, -0.05) is 12.1 Å². The summed E-state index contributed by atoms with van der Waals surface area (Å²) < 4.78 is 5.63. The number of aliphatic hydroxyl groups is 1. The van der Waals surface area contributed by atoms with Crippen LogP contribution in [0.5, 0.6) is 5.75 Å². The maximum Gasteiger partial charge on any atom is 0.191 e. The molecule has 3 N–H and O–H groups in total. The molecule has 2 rings (SSSR count). The Kier molecular flexibility index (Phi) is 10.6. The molecule has 0 aliphatic rings. The van der Waals surface area contributed by atoms with E-state index in [4.69, 9.17) is 4.74 Å². The van der Waals surface area contributed by atoms with Gasteiger partial charge in [0.2, 0.25) is 0 Å². The molecule has 0 amide bonds. The smallest absolute Gasteiger partial charge is 0.191 e. The van der Waals surface area contributed by atoms with E-state index in [0.29, 0.717) is 19.0 Å². The number of thiazole rings is 1. The Labute approximate surface area is 182 Å². The molecule has 2 aromatic rings. The first kappa shape index (κ1) is 23.6. The third-order valence-electron chi connectivity index (χ3n) is 3.73. The number of rotatable bonds is 8. The van der Waals surface area contributed by atoms with Crippen LogP contribution in [0.3, 0.4) is 0 Å². The zero-order chi connectivity index (χ0) is 18.9. The molecule has 6 nitrogen and oxygen atoms in total. The normalized spacial score (nSPS) is 12.3.